The maximum absolute atomic E-state index is 11.9. The first kappa shape index (κ1) is 21.9. The van der Waals surface area contributed by atoms with Gasteiger partial charge in [0.05, 0.1) is 17.0 Å². The zero-order chi connectivity index (χ0) is 21.8. The molecular weight excluding hydrogens is 366 g/mol. The smallest absolute Gasteiger partial charge is 0.322 e. The Balaban J connectivity index is 2.05. The molecule has 29 heavy (non-hydrogen) atoms. The zero-order valence-electron chi connectivity index (χ0n) is 19.5. The van der Waals surface area contributed by atoms with E-state index in [1.54, 1.807) is 0 Å². The summed E-state index contributed by atoms with van der Waals surface area (Å²) in [5.74, 6) is 0.499. The van der Waals surface area contributed by atoms with E-state index in [2.05, 4.69) is 67.5 Å². The van der Waals surface area contributed by atoms with Gasteiger partial charge < -0.3 is 14.3 Å². The fraction of sp³-hybridized carbons (Fsp3) is 0.708. The number of fused-ring (bicyclic) bond motifs is 1. The molecule has 1 spiro atoms. The highest BCUT2D eigenvalue weighted by Gasteiger charge is 2.65. The van der Waals surface area contributed by atoms with Gasteiger partial charge in [0.2, 0.25) is 0 Å². The highest BCUT2D eigenvalue weighted by molar-refractivity contribution is 5.65. The number of hydrogen-bond acceptors (Lipinski definition) is 5. The summed E-state index contributed by atoms with van der Waals surface area (Å²) >= 11 is 0. The van der Waals surface area contributed by atoms with Gasteiger partial charge in [0, 0.05) is 13.3 Å². The average Bonchev–Trinajstić information content (AvgIpc) is 3.00. The van der Waals surface area contributed by atoms with Crippen molar-refractivity contribution in [3.63, 3.8) is 0 Å². The van der Waals surface area contributed by atoms with E-state index in [9.17, 15) is 4.79 Å². The van der Waals surface area contributed by atoms with Gasteiger partial charge in [-0.2, -0.15) is 0 Å². The Morgan fingerprint density at radius 3 is 2.31 bits per heavy atom. The predicted octanol–water partition coefficient (Wildman–Crippen LogP) is 5.61. The molecule has 1 aromatic rings. The Morgan fingerprint density at radius 2 is 1.79 bits per heavy atom. The summed E-state index contributed by atoms with van der Waals surface area (Å²) in [5.41, 5.74) is 0.425. The molecular formula is C24H37NO4. The standard InChI is InChI=1S/C24H37NO4/c1-10-22(8)15-24(16(3)23(9,11-2)25(22)29-17(4)26)27-19-13-12-18(21(5,6)7)14-20(19)28-24/h12-14,16H,10-11,15H2,1-9H3. The maximum Gasteiger partial charge on any atom is 0.322 e. The van der Waals surface area contributed by atoms with Crippen LogP contribution >= 0.6 is 0 Å². The van der Waals surface area contributed by atoms with Crippen LogP contribution in [0.25, 0.3) is 0 Å². The van der Waals surface area contributed by atoms with E-state index in [-0.39, 0.29) is 17.3 Å². The van der Waals surface area contributed by atoms with Gasteiger partial charge in [-0.3, -0.25) is 4.79 Å². The van der Waals surface area contributed by atoms with E-state index in [0.29, 0.717) is 6.42 Å². The Labute approximate surface area is 175 Å². The van der Waals surface area contributed by atoms with E-state index >= 15 is 0 Å². The van der Waals surface area contributed by atoms with Gasteiger partial charge in [-0.1, -0.05) is 47.6 Å². The van der Waals surface area contributed by atoms with Gasteiger partial charge in [0.15, 0.2) is 11.5 Å². The van der Waals surface area contributed by atoms with Crippen LogP contribution in [0.2, 0.25) is 0 Å². The van der Waals surface area contributed by atoms with Crippen LogP contribution in [0.3, 0.4) is 0 Å². The largest absolute Gasteiger partial charge is 0.448 e. The van der Waals surface area contributed by atoms with Crippen LogP contribution in [0, 0.1) is 5.92 Å². The minimum Gasteiger partial charge on any atom is -0.448 e. The Hall–Kier alpha value is -1.75. The lowest BCUT2D eigenvalue weighted by molar-refractivity contribution is -0.334. The van der Waals surface area contributed by atoms with Crippen LogP contribution in [-0.2, 0) is 15.0 Å². The highest BCUT2D eigenvalue weighted by Crippen LogP contribution is 2.56. The summed E-state index contributed by atoms with van der Waals surface area (Å²) in [5, 5.41) is 1.93. The maximum atomic E-state index is 11.9. The summed E-state index contributed by atoms with van der Waals surface area (Å²) in [6, 6.07) is 6.27. The molecule has 5 heteroatoms. The number of carbonyl (C=O) groups excluding carboxylic acids is 1. The molecule has 1 aromatic carbocycles. The van der Waals surface area contributed by atoms with E-state index in [1.807, 2.05) is 11.1 Å². The molecule has 0 N–H and O–H groups in total. The monoisotopic (exact) mass is 403 g/mol. The average molecular weight is 404 g/mol. The second-order valence-electron chi connectivity index (χ2n) is 10.3. The van der Waals surface area contributed by atoms with Gasteiger partial charge in [-0.05, 0) is 49.8 Å². The third-order valence-corrected chi connectivity index (χ3v) is 7.25. The quantitative estimate of drug-likeness (QED) is 0.656. The molecule has 0 aromatic heterocycles. The molecule has 2 heterocycles. The third-order valence-electron chi connectivity index (χ3n) is 7.25. The lowest BCUT2D eigenvalue weighted by Crippen LogP contribution is -2.73. The summed E-state index contributed by atoms with van der Waals surface area (Å²) in [4.78, 5) is 17.7. The number of hydroxylamine groups is 2. The molecule has 5 nitrogen and oxygen atoms in total. The van der Waals surface area contributed by atoms with Gasteiger partial charge >= 0.3 is 5.97 Å². The number of ether oxygens (including phenoxy) is 2. The van der Waals surface area contributed by atoms with Gasteiger partial charge in [-0.25, -0.2) is 0 Å². The molecule has 4 unspecified atom stereocenters. The van der Waals surface area contributed by atoms with Crippen molar-refractivity contribution in [3.05, 3.63) is 23.8 Å². The molecule has 162 valence electrons. The van der Waals surface area contributed by atoms with Crippen molar-refractivity contribution in [2.24, 2.45) is 5.92 Å². The number of benzene rings is 1. The van der Waals surface area contributed by atoms with Crippen LogP contribution < -0.4 is 9.47 Å². The molecule has 1 saturated heterocycles. The Kier molecular flexibility index (Phi) is 5.22. The van der Waals surface area contributed by atoms with Crippen molar-refractivity contribution in [3.8, 4) is 11.5 Å². The number of hydrogen-bond donors (Lipinski definition) is 0. The SMILES string of the molecule is CCC1(C)CC2(Oc3ccc(C(C)(C)C)cc3O2)C(C)C(C)(CC)N1OC(C)=O. The first-order valence-corrected chi connectivity index (χ1v) is 10.8. The Morgan fingerprint density at radius 1 is 1.17 bits per heavy atom. The van der Waals surface area contributed by atoms with Crippen molar-refractivity contribution in [1.82, 2.24) is 5.06 Å². The van der Waals surface area contributed by atoms with Crippen LogP contribution in [0.4, 0.5) is 0 Å². The minimum absolute atomic E-state index is 0.0236. The normalized spacial score (nSPS) is 34.4. The minimum atomic E-state index is -0.787. The molecule has 2 aliphatic rings. The van der Waals surface area contributed by atoms with Crippen LogP contribution in [-0.4, -0.2) is 27.9 Å². The molecule has 2 aliphatic heterocycles. The van der Waals surface area contributed by atoms with E-state index in [0.717, 1.165) is 24.3 Å². The van der Waals surface area contributed by atoms with Gasteiger partial charge in [0.1, 0.15) is 0 Å². The molecule has 0 radical (unpaired) electrons. The van der Waals surface area contributed by atoms with Crippen molar-refractivity contribution in [1.29, 1.82) is 0 Å². The van der Waals surface area contributed by atoms with Crippen molar-refractivity contribution in [2.75, 3.05) is 0 Å². The second-order valence-corrected chi connectivity index (χ2v) is 10.3. The van der Waals surface area contributed by atoms with Gasteiger partial charge in [0.25, 0.3) is 5.79 Å². The second kappa shape index (κ2) is 6.90. The van der Waals surface area contributed by atoms with Crippen molar-refractivity contribution in [2.45, 2.75) is 104 Å². The predicted molar refractivity (Wildman–Crippen MR) is 114 cm³/mol. The van der Waals surface area contributed by atoms with Crippen LogP contribution in [0.1, 0.15) is 87.1 Å². The van der Waals surface area contributed by atoms with Crippen LogP contribution in [0.15, 0.2) is 18.2 Å². The molecule has 0 aliphatic carbocycles. The summed E-state index contributed by atoms with van der Waals surface area (Å²) in [6.45, 7) is 18.7. The molecule has 0 bridgehead atoms. The number of piperidine rings is 1. The van der Waals surface area contributed by atoms with Crippen LogP contribution in [0.5, 0.6) is 11.5 Å². The number of carbonyl (C=O) groups is 1. The highest BCUT2D eigenvalue weighted by atomic mass is 16.7. The first-order valence-electron chi connectivity index (χ1n) is 10.8. The fourth-order valence-corrected chi connectivity index (χ4v) is 4.86. The molecule has 0 saturated carbocycles. The summed E-state index contributed by atoms with van der Waals surface area (Å²) in [6.07, 6.45) is 2.22. The number of nitrogens with zero attached hydrogens (tertiary/aromatic N) is 1. The summed E-state index contributed by atoms with van der Waals surface area (Å²) < 4.78 is 13.2. The van der Waals surface area contributed by atoms with Crippen molar-refractivity contribution < 1.29 is 19.1 Å². The lowest BCUT2D eigenvalue weighted by atomic mass is 9.67. The third kappa shape index (κ3) is 3.41. The van der Waals surface area contributed by atoms with Gasteiger partial charge in [-0.15, -0.1) is 5.06 Å². The topological polar surface area (TPSA) is 48.0 Å². The van der Waals surface area contributed by atoms with E-state index < -0.39 is 16.9 Å². The number of rotatable bonds is 3. The molecule has 3 rings (SSSR count). The van der Waals surface area contributed by atoms with Crippen molar-refractivity contribution >= 4 is 5.97 Å². The molecule has 1 fully saturated rings. The molecule has 4 atom stereocenters. The summed E-state index contributed by atoms with van der Waals surface area (Å²) in [7, 11) is 0. The lowest BCUT2D eigenvalue weighted by Gasteiger charge is -2.60. The Bertz CT molecular complexity index is 801. The molecule has 0 amide bonds. The fourth-order valence-electron chi connectivity index (χ4n) is 4.86. The zero-order valence-corrected chi connectivity index (χ0v) is 19.5. The van der Waals surface area contributed by atoms with E-state index in [1.165, 1.54) is 12.5 Å². The first-order chi connectivity index (χ1) is 13.3. The van der Waals surface area contributed by atoms with E-state index in [4.69, 9.17) is 14.3 Å².